The average molecular weight is 240 g/mol. The van der Waals surface area contributed by atoms with Crippen LogP contribution in [0.25, 0.3) is 0 Å². The van der Waals surface area contributed by atoms with Crippen LogP contribution in [0.5, 0.6) is 0 Å². The lowest BCUT2D eigenvalue weighted by atomic mass is 10.1. The van der Waals surface area contributed by atoms with E-state index in [0.29, 0.717) is 0 Å². The van der Waals surface area contributed by atoms with Gasteiger partial charge in [0.05, 0.1) is 11.4 Å². The van der Waals surface area contributed by atoms with Crippen LogP contribution >= 0.6 is 0 Å². The van der Waals surface area contributed by atoms with E-state index in [9.17, 15) is 0 Å². The summed E-state index contributed by atoms with van der Waals surface area (Å²) in [6.07, 6.45) is 5.52. The third kappa shape index (κ3) is 3.74. The molecule has 2 heteroatoms. The van der Waals surface area contributed by atoms with Gasteiger partial charge in [-0.1, -0.05) is 37.4 Å². The van der Waals surface area contributed by atoms with Gasteiger partial charge in [0.1, 0.15) is 0 Å². The molecule has 94 valence electrons. The number of aryl methyl sites for hydroxylation is 1. The molecule has 0 aromatic heterocycles. The molecule has 18 heavy (non-hydrogen) atoms. The maximum Gasteiger partial charge on any atom is 0.0717 e. The quantitative estimate of drug-likeness (QED) is 0.563. The van der Waals surface area contributed by atoms with E-state index in [1.807, 2.05) is 56.4 Å². The smallest absolute Gasteiger partial charge is 0.0717 e. The van der Waals surface area contributed by atoms with Gasteiger partial charge in [0.15, 0.2) is 0 Å². The highest BCUT2D eigenvalue weighted by Crippen LogP contribution is 2.19. The van der Waals surface area contributed by atoms with Crippen molar-refractivity contribution in [3.8, 4) is 0 Å². The first-order valence-corrected chi connectivity index (χ1v) is 5.86. The van der Waals surface area contributed by atoms with E-state index in [4.69, 9.17) is 0 Å². The van der Waals surface area contributed by atoms with Gasteiger partial charge in [0.2, 0.25) is 0 Å². The molecule has 0 saturated carbocycles. The van der Waals surface area contributed by atoms with Crippen molar-refractivity contribution in [1.82, 2.24) is 4.90 Å². The first-order chi connectivity index (χ1) is 8.58. The fourth-order valence-corrected chi connectivity index (χ4v) is 1.55. The Morgan fingerprint density at radius 2 is 1.83 bits per heavy atom. The molecule has 1 aromatic rings. The van der Waals surface area contributed by atoms with Gasteiger partial charge >= 0.3 is 0 Å². The fourth-order valence-electron chi connectivity index (χ4n) is 1.55. The predicted molar refractivity (Wildman–Crippen MR) is 80.4 cm³/mol. The molecule has 1 aromatic carbocycles. The number of nitrogens with zero attached hydrogens (tertiary/aromatic N) is 2. The van der Waals surface area contributed by atoms with Gasteiger partial charge in [-0.3, -0.25) is 0 Å². The van der Waals surface area contributed by atoms with Gasteiger partial charge in [-0.15, -0.1) is 0 Å². The minimum absolute atomic E-state index is 0.827. The lowest BCUT2D eigenvalue weighted by Crippen LogP contribution is -2.06. The van der Waals surface area contributed by atoms with Crippen molar-refractivity contribution in [1.29, 1.82) is 0 Å². The molecule has 0 radical (unpaired) electrons. The van der Waals surface area contributed by atoms with E-state index in [1.165, 1.54) is 0 Å². The molecule has 0 heterocycles. The minimum Gasteiger partial charge on any atom is -0.383 e. The maximum atomic E-state index is 4.63. The standard InChI is InChI=1S/C16H20N2/c1-6-14(12-18(4)5)15(7-2)17-16-11-9-8-10-13(16)3/h6-12H,1-2H2,3-5H3/b14-12+,17-15+. The highest BCUT2D eigenvalue weighted by atomic mass is 15.0. The Bertz CT molecular complexity index is 494. The summed E-state index contributed by atoms with van der Waals surface area (Å²) in [4.78, 5) is 6.60. The zero-order valence-corrected chi connectivity index (χ0v) is 11.4. The van der Waals surface area contributed by atoms with Crippen LogP contribution in [0.3, 0.4) is 0 Å². The average Bonchev–Trinajstić information content (AvgIpc) is 2.35. The number of benzene rings is 1. The maximum absolute atomic E-state index is 4.63. The molecule has 0 N–H and O–H groups in total. The van der Waals surface area contributed by atoms with Gasteiger partial charge in [0, 0.05) is 25.9 Å². The van der Waals surface area contributed by atoms with Crippen LogP contribution in [-0.2, 0) is 0 Å². The molecular weight excluding hydrogens is 220 g/mol. The Morgan fingerprint density at radius 1 is 1.17 bits per heavy atom. The van der Waals surface area contributed by atoms with Crippen LogP contribution < -0.4 is 0 Å². The molecule has 0 amide bonds. The van der Waals surface area contributed by atoms with Crippen molar-refractivity contribution in [2.75, 3.05) is 14.1 Å². The summed E-state index contributed by atoms with van der Waals surface area (Å²) in [5.41, 5.74) is 3.88. The van der Waals surface area contributed by atoms with Gasteiger partial charge in [0.25, 0.3) is 0 Å². The first kappa shape index (κ1) is 14.0. The molecular formula is C16H20N2. The molecule has 0 bridgehead atoms. The second-order valence-electron chi connectivity index (χ2n) is 4.24. The normalized spacial score (nSPS) is 12.2. The molecule has 0 fully saturated rings. The molecule has 0 spiro atoms. The Morgan fingerprint density at radius 3 is 2.33 bits per heavy atom. The van der Waals surface area contributed by atoms with Crippen molar-refractivity contribution < 1.29 is 0 Å². The monoisotopic (exact) mass is 240 g/mol. The zero-order chi connectivity index (χ0) is 13.5. The second-order valence-corrected chi connectivity index (χ2v) is 4.24. The molecule has 1 rings (SSSR count). The van der Waals surface area contributed by atoms with Crippen molar-refractivity contribution in [2.24, 2.45) is 4.99 Å². The summed E-state index contributed by atoms with van der Waals surface area (Å²) in [6.45, 7) is 9.69. The Labute approximate surface area is 110 Å². The van der Waals surface area contributed by atoms with Gasteiger partial charge < -0.3 is 4.90 Å². The van der Waals surface area contributed by atoms with Crippen LogP contribution in [0, 0.1) is 6.92 Å². The summed E-state index contributed by atoms with van der Waals surface area (Å²) < 4.78 is 0. The zero-order valence-electron chi connectivity index (χ0n) is 11.4. The van der Waals surface area contributed by atoms with Gasteiger partial charge in [-0.05, 0) is 24.6 Å². The third-order valence-corrected chi connectivity index (χ3v) is 2.46. The molecule has 0 saturated heterocycles. The highest BCUT2D eigenvalue weighted by molar-refractivity contribution is 6.11. The molecule has 0 aliphatic heterocycles. The van der Waals surface area contributed by atoms with Crippen LogP contribution in [0.15, 0.2) is 66.3 Å². The van der Waals surface area contributed by atoms with Crippen molar-refractivity contribution in [2.45, 2.75) is 6.92 Å². The molecule has 0 unspecified atom stereocenters. The highest BCUT2D eigenvalue weighted by Gasteiger charge is 2.02. The number of aliphatic imine (C=N–C) groups is 1. The number of hydrogen-bond acceptors (Lipinski definition) is 2. The van der Waals surface area contributed by atoms with Crippen molar-refractivity contribution >= 4 is 11.4 Å². The van der Waals surface area contributed by atoms with Crippen molar-refractivity contribution in [3.63, 3.8) is 0 Å². The Kier molecular flexibility index (Phi) is 5.12. The van der Waals surface area contributed by atoms with E-state index < -0.39 is 0 Å². The van der Waals surface area contributed by atoms with E-state index in [-0.39, 0.29) is 0 Å². The topological polar surface area (TPSA) is 15.6 Å². The first-order valence-electron chi connectivity index (χ1n) is 5.86. The largest absolute Gasteiger partial charge is 0.383 e. The van der Waals surface area contributed by atoms with Crippen LogP contribution in [0.4, 0.5) is 5.69 Å². The number of para-hydroxylation sites is 1. The number of rotatable bonds is 5. The van der Waals surface area contributed by atoms with Crippen LogP contribution in [0.2, 0.25) is 0 Å². The lowest BCUT2D eigenvalue weighted by molar-refractivity contribution is 0.562. The van der Waals surface area contributed by atoms with E-state index in [1.54, 1.807) is 12.2 Å². The van der Waals surface area contributed by atoms with Gasteiger partial charge in [-0.2, -0.15) is 0 Å². The Balaban J connectivity index is 3.21. The minimum atomic E-state index is 0.827. The van der Waals surface area contributed by atoms with Gasteiger partial charge in [-0.25, -0.2) is 4.99 Å². The lowest BCUT2D eigenvalue weighted by Gasteiger charge is -2.09. The number of hydrogen-bond donors (Lipinski definition) is 0. The molecule has 0 atom stereocenters. The fraction of sp³-hybridized carbons (Fsp3) is 0.188. The number of allylic oxidation sites excluding steroid dienone is 3. The Hall–Kier alpha value is -2.09. The van der Waals surface area contributed by atoms with Crippen molar-refractivity contribution in [3.05, 3.63) is 66.9 Å². The summed E-state index contributed by atoms with van der Waals surface area (Å²) in [7, 11) is 3.94. The van der Waals surface area contributed by atoms with Crippen LogP contribution in [-0.4, -0.2) is 24.7 Å². The van der Waals surface area contributed by atoms with Crippen LogP contribution in [0.1, 0.15) is 5.56 Å². The molecule has 2 nitrogen and oxygen atoms in total. The van der Waals surface area contributed by atoms with E-state index in [0.717, 1.165) is 22.5 Å². The molecule has 0 aliphatic carbocycles. The SMILES string of the molecule is C=CC(=C\N(C)C)/C(C=C)=N/c1ccccc1C. The second kappa shape index (κ2) is 6.60. The summed E-state index contributed by atoms with van der Waals surface area (Å²) in [5.74, 6) is 0. The summed E-state index contributed by atoms with van der Waals surface area (Å²) >= 11 is 0. The van der Waals surface area contributed by atoms with E-state index >= 15 is 0 Å². The summed E-state index contributed by atoms with van der Waals surface area (Å²) in [6, 6.07) is 8.03. The summed E-state index contributed by atoms with van der Waals surface area (Å²) in [5, 5.41) is 0. The van der Waals surface area contributed by atoms with E-state index in [2.05, 4.69) is 18.2 Å². The molecule has 0 aliphatic rings. The third-order valence-electron chi connectivity index (χ3n) is 2.46. The predicted octanol–water partition coefficient (Wildman–Crippen LogP) is 3.89.